The number of hydrogen-bond acceptors (Lipinski definition) is 4. The number of unbranched alkanes of at least 4 members (excludes halogenated alkanes) is 6. The molecule has 0 heterocycles. The Hall–Kier alpha value is -2.40. The molecule has 0 unspecified atom stereocenters. The molecule has 0 amide bonds. The second-order valence-corrected chi connectivity index (χ2v) is 11.9. The number of carboxylic acid groups (broad SMARTS) is 2. The van der Waals surface area contributed by atoms with Crippen molar-refractivity contribution >= 4 is 11.9 Å². The Kier molecular flexibility index (Phi) is 19.3. The van der Waals surface area contributed by atoms with Crippen molar-refractivity contribution in [2.24, 2.45) is 11.8 Å². The molecule has 41 heavy (non-hydrogen) atoms. The van der Waals surface area contributed by atoms with E-state index in [4.69, 9.17) is 10.2 Å². The molecule has 2 N–H and O–H groups in total. The molecule has 0 aromatic heterocycles. The summed E-state index contributed by atoms with van der Waals surface area (Å²) in [6.45, 7) is 12.6. The van der Waals surface area contributed by atoms with E-state index in [1.54, 1.807) is 0 Å². The van der Waals surface area contributed by atoms with Gasteiger partial charge in [-0.1, -0.05) is 125 Å². The number of hydrogen-bond donors (Lipinski definition) is 2. The zero-order valence-corrected chi connectivity index (χ0v) is 29.2. The van der Waals surface area contributed by atoms with Crippen LogP contribution in [0.1, 0.15) is 135 Å². The van der Waals surface area contributed by atoms with Crippen molar-refractivity contribution in [1.82, 2.24) is 0 Å². The second kappa shape index (κ2) is 20.5. The van der Waals surface area contributed by atoms with Gasteiger partial charge in [0.05, 0.1) is 11.1 Å². The van der Waals surface area contributed by atoms with Gasteiger partial charge in [-0.15, -0.1) is 0 Å². The van der Waals surface area contributed by atoms with E-state index in [9.17, 15) is 19.8 Å². The van der Waals surface area contributed by atoms with Gasteiger partial charge in [-0.3, -0.25) is 0 Å². The van der Waals surface area contributed by atoms with Crippen LogP contribution in [0.15, 0.2) is 24.3 Å². The Bertz CT molecular complexity index is 992. The van der Waals surface area contributed by atoms with Crippen LogP contribution in [0.4, 0.5) is 0 Å². The minimum atomic E-state index is -1.13. The standard InChI is InChI=1S/2C17H26O3.Zn/c2*1-12(2)8-6-4-5-7-9-14-10-13(3)11-15(16(14)18)17(19)20;/h2*10-12,18H,4-9H2,1-3H3,(H,19,20);/q;;+2/p-2. The van der Waals surface area contributed by atoms with Crippen LogP contribution in [0.3, 0.4) is 0 Å². The minimum absolute atomic E-state index is 0. The minimum Gasteiger partial charge on any atom is -0.872 e. The molecule has 224 valence electrons. The fourth-order valence-corrected chi connectivity index (χ4v) is 4.83. The Morgan fingerprint density at radius 2 is 0.927 bits per heavy atom. The first kappa shape index (κ1) is 38.6. The van der Waals surface area contributed by atoms with Crippen molar-refractivity contribution in [3.8, 4) is 11.5 Å². The zero-order chi connectivity index (χ0) is 30.2. The van der Waals surface area contributed by atoms with E-state index in [1.807, 2.05) is 26.0 Å². The summed E-state index contributed by atoms with van der Waals surface area (Å²) in [5, 5.41) is 42.0. The van der Waals surface area contributed by atoms with E-state index in [-0.39, 0.29) is 42.1 Å². The predicted molar refractivity (Wildman–Crippen MR) is 158 cm³/mol. The molecule has 2 aromatic carbocycles. The van der Waals surface area contributed by atoms with Gasteiger partial charge >= 0.3 is 31.4 Å². The van der Waals surface area contributed by atoms with Crippen LogP contribution < -0.4 is 10.2 Å². The first-order chi connectivity index (χ1) is 18.8. The molecule has 0 saturated heterocycles. The zero-order valence-electron chi connectivity index (χ0n) is 26.2. The first-order valence-corrected chi connectivity index (χ1v) is 14.9. The van der Waals surface area contributed by atoms with Crippen molar-refractivity contribution < 1.29 is 49.5 Å². The first-order valence-electron chi connectivity index (χ1n) is 14.9. The smallest absolute Gasteiger partial charge is 0.872 e. The maximum atomic E-state index is 12.0. The van der Waals surface area contributed by atoms with Crippen molar-refractivity contribution in [2.75, 3.05) is 0 Å². The monoisotopic (exact) mass is 618 g/mol. The quantitative estimate of drug-likeness (QED) is 0.146. The van der Waals surface area contributed by atoms with Crippen molar-refractivity contribution in [2.45, 2.75) is 119 Å². The van der Waals surface area contributed by atoms with Crippen LogP contribution in [0.2, 0.25) is 0 Å². The number of carboxylic acids is 2. The van der Waals surface area contributed by atoms with Crippen molar-refractivity contribution in [3.63, 3.8) is 0 Å². The molecule has 0 bridgehead atoms. The Morgan fingerprint density at radius 1 is 0.610 bits per heavy atom. The second-order valence-electron chi connectivity index (χ2n) is 11.9. The van der Waals surface area contributed by atoms with Gasteiger partial charge in [0, 0.05) is 0 Å². The van der Waals surface area contributed by atoms with Crippen molar-refractivity contribution in [3.05, 3.63) is 57.6 Å². The average molecular weight is 620 g/mol. The third-order valence-electron chi connectivity index (χ3n) is 7.04. The van der Waals surface area contributed by atoms with Crippen LogP contribution in [0.25, 0.3) is 0 Å². The molecule has 0 radical (unpaired) electrons. The molecule has 0 aliphatic heterocycles. The molecule has 7 heteroatoms. The van der Waals surface area contributed by atoms with E-state index in [2.05, 4.69) is 27.7 Å². The van der Waals surface area contributed by atoms with Crippen LogP contribution in [-0.4, -0.2) is 22.2 Å². The van der Waals surface area contributed by atoms with E-state index >= 15 is 0 Å². The maximum Gasteiger partial charge on any atom is 2.00 e. The maximum absolute atomic E-state index is 12.0. The van der Waals surface area contributed by atoms with E-state index in [0.717, 1.165) is 48.6 Å². The average Bonchev–Trinajstić information content (AvgIpc) is 2.86. The number of benzene rings is 2. The Balaban J connectivity index is 0.000000762. The fourth-order valence-electron chi connectivity index (χ4n) is 4.83. The molecule has 2 rings (SSSR count). The van der Waals surface area contributed by atoms with Crippen LogP contribution in [-0.2, 0) is 32.3 Å². The van der Waals surface area contributed by atoms with Crippen molar-refractivity contribution in [1.29, 1.82) is 0 Å². The van der Waals surface area contributed by atoms with Gasteiger partial charge in [-0.2, -0.15) is 0 Å². The van der Waals surface area contributed by atoms with Gasteiger partial charge in [0.2, 0.25) is 0 Å². The molecular formula is C34H50O6Zn. The van der Waals surface area contributed by atoms with Gasteiger partial charge in [0.25, 0.3) is 0 Å². The summed E-state index contributed by atoms with van der Waals surface area (Å²) in [6.07, 6.45) is 12.8. The molecule has 6 nitrogen and oxygen atoms in total. The van der Waals surface area contributed by atoms with Gasteiger partial charge in [-0.25, -0.2) is 9.59 Å². The number of carbonyl (C=O) groups is 2. The normalized spacial score (nSPS) is 10.7. The molecule has 2 aromatic rings. The molecule has 0 atom stereocenters. The SMILES string of the molecule is Cc1cc(CCCCCCC(C)C)c([O-])c(C(=O)O)c1.Cc1cc(CCCCCCC(C)C)c([O-])c(C(=O)O)c1.[Zn+2]. The molecule has 0 fully saturated rings. The third-order valence-corrected chi connectivity index (χ3v) is 7.04. The molecule has 0 saturated carbocycles. The molecule has 0 spiro atoms. The summed E-state index contributed by atoms with van der Waals surface area (Å²) in [5.74, 6) is -1.39. The van der Waals surface area contributed by atoms with Gasteiger partial charge < -0.3 is 20.4 Å². The summed E-state index contributed by atoms with van der Waals surface area (Å²) in [7, 11) is 0. The Labute approximate surface area is 260 Å². The largest absolute Gasteiger partial charge is 2.00 e. The van der Waals surface area contributed by atoms with Gasteiger partial charge in [-0.05, 0) is 63.5 Å². The molecule has 0 aliphatic carbocycles. The van der Waals surface area contributed by atoms with Crippen LogP contribution >= 0.6 is 0 Å². The summed E-state index contributed by atoms with van der Waals surface area (Å²) in [5.41, 5.74) is 2.78. The summed E-state index contributed by atoms with van der Waals surface area (Å²) in [6, 6.07) is 6.55. The third kappa shape index (κ3) is 15.4. The summed E-state index contributed by atoms with van der Waals surface area (Å²) >= 11 is 0. The Morgan fingerprint density at radius 3 is 1.22 bits per heavy atom. The molecule has 0 aliphatic rings. The summed E-state index contributed by atoms with van der Waals surface area (Å²) in [4.78, 5) is 22.0. The summed E-state index contributed by atoms with van der Waals surface area (Å²) < 4.78 is 0. The van der Waals surface area contributed by atoms with E-state index in [0.29, 0.717) is 24.0 Å². The van der Waals surface area contributed by atoms with Gasteiger partial charge in [0.1, 0.15) is 0 Å². The van der Waals surface area contributed by atoms with E-state index in [1.165, 1.54) is 50.7 Å². The van der Waals surface area contributed by atoms with Crippen LogP contribution in [0.5, 0.6) is 11.5 Å². The van der Waals surface area contributed by atoms with Crippen LogP contribution in [0, 0.1) is 25.7 Å². The number of aromatic carboxylic acids is 2. The van der Waals surface area contributed by atoms with E-state index < -0.39 is 11.9 Å². The molecular weight excluding hydrogens is 570 g/mol. The fraction of sp³-hybridized carbons (Fsp3) is 0.588. The number of aryl methyl sites for hydroxylation is 4. The van der Waals surface area contributed by atoms with Gasteiger partial charge in [0.15, 0.2) is 0 Å². The number of rotatable bonds is 16. The topological polar surface area (TPSA) is 121 Å². The predicted octanol–water partition coefficient (Wildman–Crippen LogP) is 7.83.